The molecule has 1 aromatic heterocycles. The smallest absolute Gasteiger partial charge is 0.185 e. The quantitative estimate of drug-likeness (QED) is 0.765. The van der Waals surface area contributed by atoms with Gasteiger partial charge in [-0.15, -0.1) is 0 Å². The second-order valence-corrected chi connectivity index (χ2v) is 4.33. The number of carbonyl (C=O) groups excluding carboxylic acids is 1. The van der Waals surface area contributed by atoms with E-state index in [4.69, 9.17) is 14.2 Å². The van der Waals surface area contributed by atoms with Crippen molar-refractivity contribution in [3.63, 3.8) is 0 Å². The number of methoxy groups -OCH3 is 2. The van der Waals surface area contributed by atoms with E-state index < -0.39 is 0 Å². The number of aromatic nitrogens is 1. The van der Waals surface area contributed by atoms with Gasteiger partial charge in [-0.05, 0) is 19.1 Å². The molecule has 0 N–H and O–H groups in total. The Hall–Kier alpha value is -2.56. The predicted molar refractivity (Wildman–Crippen MR) is 78.1 cm³/mol. The van der Waals surface area contributed by atoms with Gasteiger partial charge in [0.1, 0.15) is 18.1 Å². The van der Waals surface area contributed by atoms with Crippen molar-refractivity contribution in [2.45, 2.75) is 13.5 Å². The number of ether oxygens (including phenoxy) is 3. The summed E-state index contributed by atoms with van der Waals surface area (Å²) in [4.78, 5) is 15.8. The standard InChI is InChI=1S/C16H17NO4/c1-11(18)12-6-4-5-7-14(12)21-10-13-16(20-3)15(19-2)8-9-17-13/h4-9H,10H2,1-3H3. The van der Waals surface area contributed by atoms with Crippen LogP contribution < -0.4 is 14.2 Å². The van der Waals surface area contributed by atoms with Gasteiger partial charge in [-0.1, -0.05) is 12.1 Å². The van der Waals surface area contributed by atoms with Crippen molar-refractivity contribution in [3.8, 4) is 17.2 Å². The largest absolute Gasteiger partial charge is 0.493 e. The highest BCUT2D eigenvalue weighted by atomic mass is 16.5. The molecule has 5 heteroatoms. The normalized spacial score (nSPS) is 10.0. The molecule has 0 atom stereocenters. The van der Waals surface area contributed by atoms with Gasteiger partial charge in [0.2, 0.25) is 0 Å². The van der Waals surface area contributed by atoms with Crippen molar-refractivity contribution >= 4 is 5.78 Å². The lowest BCUT2D eigenvalue weighted by Gasteiger charge is -2.13. The highest BCUT2D eigenvalue weighted by Gasteiger charge is 2.13. The van der Waals surface area contributed by atoms with Crippen LogP contribution >= 0.6 is 0 Å². The van der Waals surface area contributed by atoms with Crippen molar-refractivity contribution < 1.29 is 19.0 Å². The second-order valence-electron chi connectivity index (χ2n) is 4.33. The molecule has 2 aromatic rings. The van der Waals surface area contributed by atoms with E-state index >= 15 is 0 Å². The Morgan fingerprint density at radius 2 is 1.86 bits per heavy atom. The minimum atomic E-state index is -0.0452. The lowest BCUT2D eigenvalue weighted by molar-refractivity contribution is 0.101. The molecule has 0 unspecified atom stereocenters. The molecule has 0 aliphatic carbocycles. The third-order valence-corrected chi connectivity index (χ3v) is 3.00. The van der Waals surface area contributed by atoms with E-state index in [2.05, 4.69) is 4.98 Å². The van der Waals surface area contributed by atoms with Crippen molar-refractivity contribution in [1.82, 2.24) is 4.98 Å². The topological polar surface area (TPSA) is 57.7 Å². The lowest BCUT2D eigenvalue weighted by atomic mass is 10.1. The van der Waals surface area contributed by atoms with E-state index in [9.17, 15) is 4.79 Å². The van der Waals surface area contributed by atoms with Gasteiger partial charge in [-0.2, -0.15) is 0 Å². The molecule has 2 rings (SSSR count). The van der Waals surface area contributed by atoms with Crippen LogP contribution in [0.1, 0.15) is 23.0 Å². The molecular formula is C16H17NO4. The number of carbonyl (C=O) groups is 1. The third-order valence-electron chi connectivity index (χ3n) is 3.00. The SMILES string of the molecule is COc1ccnc(COc2ccccc2C(C)=O)c1OC. The maximum absolute atomic E-state index is 11.6. The van der Waals surface area contributed by atoms with Crippen molar-refractivity contribution in [1.29, 1.82) is 0 Å². The third kappa shape index (κ3) is 3.31. The number of pyridine rings is 1. The van der Waals surface area contributed by atoms with E-state index in [0.717, 1.165) is 0 Å². The van der Waals surface area contributed by atoms with Gasteiger partial charge in [-0.3, -0.25) is 9.78 Å². The Morgan fingerprint density at radius 1 is 1.10 bits per heavy atom. The number of hydrogen-bond acceptors (Lipinski definition) is 5. The molecule has 0 saturated carbocycles. The molecule has 0 aliphatic heterocycles. The fraction of sp³-hybridized carbons (Fsp3) is 0.250. The van der Waals surface area contributed by atoms with E-state index in [1.165, 1.54) is 6.92 Å². The molecule has 21 heavy (non-hydrogen) atoms. The summed E-state index contributed by atoms with van der Waals surface area (Å²) in [6.07, 6.45) is 1.62. The molecule has 0 saturated heterocycles. The van der Waals surface area contributed by atoms with Crippen LogP contribution in [-0.2, 0) is 6.61 Å². The molecule has 1 aromatic carbocycles. The van der Waals surface area contributed by atoms with E-state index in [0.29, 0.717) is 28.5 Å². The van der Waals surface area contributed by atoms with Crippen LogP contribution in [0.15, 0.2) is 36.5 Å². The number of rotatable bonds is 6. The van der Waals surface area contributed by atoms with Crippen molar-refractivity contribution in [3.05, 3.63) is 47.8 Å². The zero-order valence-corrected chi connectivity index (χ0v) is 12.3. The van der Waals surface area contributed by atoms with Crippen LogP contribution in [0.4, 0.5) is 0 Å². The van der Waals surface area contributed by atoms with Crippen LogP contribution in [0.3, 0.4) is 0 Å². The molecule has 0 aliphatic rings. The summed E-state index contributed by atoms with van der Waals surface area (Å²) in [5.41, 5.74) is 1.15. The molecule has 5 nitrogen and oxygen atoms in total. The first-order chi connectivity index (χ1) is 10.2. The van der Waals surface area contributed by atoms with Crippen molar-refractivity contribution in [2.24, 2.45) is 0 Å². The molecule has 1 heterocycles. The molecule has 0 amide bonds. The summed E-state index contributed by atoms with van der Waals surface area (Å²) in [6.45, 7) is 1.69. The number of Topliss-reactive ketones (excluding diaryl/α,β-unsaturated/α-hetero) is 1. The Balaban J connectivity index is 2.23. The van der Waals surface area contributed by atoms with E-state index in [1.807, 2.05) is 6.07 Å². The Morgan fingerprint density at radius 3 is 2.52 bits per heavy atom. The number of benzene rings is 1. The maximum atomic E-state index is 11.6. The minimum absolute atomic E-state index is 0.0452. The van der Waals surface area contributed by atoms with Gasteiger partial charge in [-0.25, -0.2) is 0 Å². The average molecular weight is 287 g/mol. The van der Waals surface area contributed by atoms with Gasteiger partial charge in [0, 0.05) is 12.3 Å². The van der Waals surface area contributed by atoms with Crippen LogP contribution in [0.5, 0.6) is 17.2 Å². The fourth-order valence-corrected chi connectivity index (χ4v) is 1.98. The first kappa shape index (κ1) is 14.8. The second kappa shape index (κ2) is 6.74. The first-order valence-corrected chi connectivity index (χ1v) is 6.46. The monoisotopic (exact) mass is 287 g/mol. The number of hydrogen-bond donors (Lipinski definition) is 0. The lowest BCUT2D eigenvalue weighted by Crippen LogP contribution is -2.05. The summed E-state index contributed by atoms with van der Waals surface area (Å²) in [6, 6.07) is 8.81. The highest BCUT2D eigenvalue weighted by molar-refractivity contribution is 5.96. The molecule has 0 spiro atoms. The summed E-state index contributed by atoms with van der Waals surface area (Å²) >= 11 is 0. The van der Waals surface area contributed by atoms with Gasteiger partial charge < -0.3 is 14.2 Å². The highest BCUT2D eigenvalue weighted by Crippen LogP contribution is 2.30. The first-order valence-electron chi connectivity index (χ1n) is 6.46. The summed E-state index contributed by atoms with van der Waals surface area (Å²) in [5, 5.41) is 0. The number of para-hydroxylation sites is 1. The van der Waals surface area contributed by atoms with Gasteiger partial charge in [0.05, 0.1) is 19.8 Å². The molecule has 0 radical (unpaired) electrons. The number of nitrogens with zero attached hydrogens (tertiary/aromatic N) is 1. The zero-order valence-electron chi connectivity index (χ0n) is 12.3. The predicted octanol–water partition coefficient (Wildman–Crippen LogP) is 2.88. The Kier molecular flexibility index (Phi) is 4.77. The van der Waals surface area contributed by atoms with Gasteiger partial charge >= 0.3 is 0 Å². The maximum Gasteiger partial charge on any atom is 0.185 e. The zero-order chi connectivity index (χ0) is 15.2. The summed E-state index contributed by atoms with van der Waals surface area (Å²) < 4.78 is 16.2. The van der Waals surface area contributed by atoms with Gasteiger partial charge in [0.25, 0.3) is 0 Å². The van der Waals surface area contributed by atoms with Crippen molar-refractivity contribution in [2.75, 3.05) is 14.2 Å². The molecule has 0 fully saturated rings. The summed E-state index contributed by atoms with van der Waals surface area (Å²) in [5.74, 6) is 1.60. The van der Waals surface area contributed by atoms with Crippen LogP contribution in [0.25, 0.3) is 0 Å². The van der Waals surface area contributed by atoms with Gasteiger partial charge in [0.15, 0.2) is 17.3 Å². The van der Waals surface area contributed by atoms with E-state index in [1.54, 1.807) is 44.7 Å². The fourth-order valence-electron chi connectivity index (χ4n) is 1.98. The molecule has 0 bridgehead atoms. The number of ketones is 1. The van der Waals surface area contributed by atoms with E-state index in [-0.39, 0.29) is 12.4 Å². The van der Waals surface area contributed by atoms with Crippen LogP contribution in [0, 0.1) is 0 Å². The average Bonchev–Trinajstić information content (AvgIpc) is 2.52. The summed E-state index contributed by atoms with van der Waals surface area (Å²) in [7, 11) is 3.11. The Labute approximate surface area is 123 Å². The molecular weight excluding hydrogens is 270 g/mol. The minimum Gasteiger partial charge on any atom is -0.493 e. The molecule has 110 valence electrons. The Bertz CT molecular complexity index is 640. The van der Waals surface area contributed by atoms with Crippen LogP contribution in [-0.4, -0.2) is 25.0 Å². The van der Waals surface area contributed by atoms with Crippen LogP contribution in [0.2, 0.25) is 0 Å².